The van der Waals surface area contributed by atoms with Crippen molar-refractivity contribution < 1.29 is 17.9 Å². The third-order valence-electron chi connectivity index (χ3n) is 3.65. The van der Waals surface area contributed by atoms with Crippen molar-refractivity contribution in [2.75, 3.05) is 7.11 Å². The van der Waals surface area contributed by atoms with Crippen LogP contribution in [0, 0.1) is 5.92 Å². The largest absolute Gasteiger partial charge is 0.469 e. The molecule has 19 heavy (non-hydrogen) atoms. The summed E-state index contributed by atoms with van der Waals surface area (Å²) in [6.07, 6.45) is 3.53. The van der Waals surface area contributed by atoms with Gasteiger partial charge in [0.05, 0.1) is 18.3 Å². The van der Waals surface area contributed by atoms with Gasteiger partial charge >= 0.3 is 5.97 Å². The molecule has 0 aromatic heterocycles. The standard InChI is InChI=1S/C13H25NO4S/c1-5-9-13(2,3)14-19(16,17)11-8-6-7-10(11)12(15)18-4/h10-11,14H,5-9H2,1-4H3. The van der Waals surface area contributed by atoms with Crippen molar-refractivity contribution in [3.8, 4) is 0 Å². The van der Waals surface area contributed by atoms with Gasteiger partial charge < -0.3 is 4.74 Å². The van der Waals surface area contributed by atoms with Crippen LogP contribution in [0.15, 0.2) is 0 Å². The van der Waals surface area contributed by atoms with Crippen LogP contribution in [0.1, 0.15) is 52.9 Å². The molecular formula is C13H25NO4S. The Bertz CT molecular complexity index is 416. The molecule has 1 N–H and O–H groups in total. The molecule has 1 aliphatic carbocycles. The van der Waals surface area contributed by atoms with Crippen LogP contribution in [-0.4, -0.2) is 32.3 Å². The molecule has 2 atom stereocenters. The molecule has 6 heteroatoms. The summed E-state index contributed by atoms with van der Waals surface area (Å²) in [7, 11) is -2.19. The number of sulfonamides is 1. The van der Waals surface area contributed by atoms with Gasteiger partial charge in [-0.1, -0.05) is 19.8 Å². The first kappa shape index (κ1) is 16.4. The first-order valence-corrected chi connectivity index (χ1v) is 8.39. The summed E-state index contributed by atoms with van der Waals surface area (Å²) >= 11 is 0. The molecule has 0 heterocycles. The zero-order valence-electron chi connectivity index (χ0n) is 12.2. The van der Waals surface area contributed by atoms with Gasteiger partial charge in [0.2, 0.25) is 10.0 Å². The Kier molecular flexibility index (Phi) is 5.38. The molecule has 5 nitrogen and oxygen atoms in total. The van der Waals surface area contributed by atoms with E-state index in [4.69, 9.17) is 4.74 Å². The lowest BCUT2D eigenvalue weighted by Crippen LogP contribution is -2.49. The van der Waals surface area contributed by atoms with Gasteiger partial charge in [0, 0.05) is 5.54 Å². The predicted octanol–water partition coefficient (Wildman–Crippen LogP) is 1.83. The van der Waals surface area contributed by atoms with E-state index in [-0.39, 0.29) is 0 Å². The zero-order chi connectivity index (χ0) is 14.7. The lowest BCUT2D eigenvalue weighted by atomic mass is 10.0. The molecule has 0 amide bonds. The Balaban J connectivity index is 2.85. The molecule has 0 spiro atoms. The average Bonchev–Trinajstić information content (AvgIpc) is 2.75. The van der Waals surface area contributed by atoms with Gasteiger partial charge in [-0.2, -0.15) is 0 Å². The van der Waals surface area contributed by atoms with Crippen molar-refractivity contribution >= 4 is 16.0 Å². The Morgan fingerprint density at radius 1 is 1.37 bits per heavy atom. The van der Waals surface area contributed by atoms with Crippen molar-refractivity contribution in [1.82, 2.24) is 4.72 Å². The Morgan fingerprint density at radius 2 is 2.00 bits per heavy atom. The highest BCUT2D eigenvalue weighted by atomic mass is 32.2. The van der Waals surface area contributed by atoms with Crippen molar-refractivity contribution in [1.29, 1.82) is 0 Å². The lowest BCUT2D eigenvalue weighted by molar-refractivity contribution is -0.145. The fourth-order valence-electron chi connectivity index (χ4n) is 2.86. The molecule has 0 bridgehead atoms. The van der Waals surface area contributed by atoms with E-state index < -0.39 is 32.7 Å². The van der Waals surface area contributed by atoms with Crippen LogP contribution < -0.4 is 4.72 Å². The van der Waals surface area contributed by atoms with E-state index in [1.807, 2.05) is 20.8 Å². The SMILES string of the molecule is CCCC(C)(C)NS(=O)(=O)C1CCCC1C(=O)OC. The highest BCUT2D eigenvalue weighted by molar-refractivity contribution is 7.90. The van der Waals surface area contributed by atoms with Crippen molar-refractivity contribution in [2.45, 2.75) is 63.7 Å². The summed E-state index contributed by atoms with van der Waals surface area (Å²) in [6, 6.07) is 0. The second-order valence-electron chi connectivity index (χ2n) is 5.88. The minimum Gasteiger partial charge on any atom is -0.469 e. The highest BCUT2D eigenvalue weighted by Crippen LogP contribution is 2.32. The average molecular weight is 291 g/mol. The Morgan fingerprint density at radius 3 is 2.53 bits per heavy atom. The Labute approximate surface area is 116 Å². The molecule has 1 rings (SSSR count). The second-order valence-corrected chi connectivity index (χ2v) is 7.78. The van der Waals surface area contributed by atoms with Crippen LogP contribution in [0.3, 0.4) is 0 Å². The van der Waals surface area contributed by atoms with Crippen LogP contribution in [-0.2, 0) is 19.6 Å². The molecule has 0 aromatic rings. The van der Waals surface area contributed by atoms with Crippen LogP contribution in [0.4, 0.5) is 0 Å². The molecule has 1 saturated carbocycles. The van der Waals surface area contributed by atoms with Crippen molar-refractivity contribution in [3.05, 3.63) is 0 Å². The van der Waals surface area contributed by atoms with Gasteiger partial charge in [0.1, 0.15) is 0 Å². The molecule has 0 radical (unpaired) electrons. The van der Waals surface area contributed by atoms with Crippen molar-refractivity contribution in [3.63, 3.8) is 0 Å². The summed E-state index contributed by atoms with van der Waals surface area (Å²) in [5.41, 5.74) is -0.475. The smallest absolute Gasteiger partial charge is 0.310 e. The fourth-order valence-corrected chi connectivity index (χ4v) is 5.04. The van der Waals surface area contributed by atoms with E-state index in [0.29, 0.717) is 12.8 Å². The van der Waals surface area contributed by atoms with Gasteiger partial charge in [0.25, 0.3) is 0 Å². The minimum absolute atomic E-state index is 0.416. The first-order chi connectivity index (χ1) is 8.73. The molecule has 2 unspecified atom stereocenters. The highest BCUT2D eigenvalue weighted by Gasteiger charge is 2.43. The third-order valence-corrected chi connectivity index (χ3v) is 5.85. The number of carbonyl (C=O) groups is 1. The molecule has 0 aromatic carbocycles. The van der Waals surface area contributed by atoms with Crippen LogP contribution in [0.2, 0.25) is 0 Å². The topological polar surface area (TPSA) is 72.5 Å². The maximum atomic E-state index is 12.4. The molecule has 1 aliphatic rings. The lowest BCUT2D eigenvalue weighted by Gasteiger charge is -2.28. The molecule has 112 valence electrons. The van der Waals surface area contributed by atoms with E-state index >= 15 is 0 Å². The molecule has 1 fully saturated rings. The number of ether oxygens (including phenoxy) is 1. The summed E-state index contributed by atoms with van der Waals surface area (Å²) in [6.45, 7) is 5.76. The summed E-state index contributed by atoms with van der Waals surface area (Å²) < 4.78 is 32.3. The molecule has 0 saturated heterocycles. The normalized spacial score (nSPS) is 24.4. The van der Waals surface area contributed by atoms with Gasteiger partial charge in [-0.15, -0.1) is 0 Å². The first-order valence-electron chi connectivity index (χ1n) is 6.84. The number of hydrogen-bond donors (Lipinski definition) is 1. The predicted molar refractivity (Wildman–Crippen MR) is 74.2 cm³/mol. The minimum atomic E-state index is -3.50. The summed E-state index contributed by atoms with van der Waals surface area (Å²) in [5, 5.41) is -0.656. The molecular weight excluding hydrogens is 266 g/mol. The van der Waals surface area contributed by atoms with E-state index in [9.17, 15) is 13.2 Å². The second kappa shape index (κ2) is 6.22. The Hall–Kier alpha value is -0.620. The van der Waals surface area contributed by atoms with Crippen LogP contribution in [0.25, 0.3) is 0 Å². The number of esters is 1. The number of carbonyl (C=O) groups excluding carboxylic acids is 1. The van der Waals surface area contributed by atoms with Gasteiger partial charge in [-0.25, -0.2) is 13.1 Å². The molecule has 0 aliphatic heterocycles. The van der Waals surface area contributed by atoms with Crippen molar-refractivity contribution in [2.24, 2.45) is 5.92 Å². The van der Waals surface area contributed by atoms with Gasteiger partial charge in [-0.3, -0.25) is 4.79 Å². The van der Waals surface area contributed by atoms with E-state index in [2.05, 4.69) is 4.72 Å². The van der Waals surface area contributed by atoms with E-state index in [1.54, 1.807) is 0 Å². The maximum Gasteiger partial charge on any atom is 0.310 e. The van der Waals surface area contributed by atoms with Gasteiger partial charge in [0.15, 0.2) is 0 Å². The maximum absolute atomic E-state index is 12.4. The third kappa shape index (κ3) is 4.18. The number of rotatable bonds is 6. The van der Waals surface area contributed by atoms with E-state index in [1.165, 1.54) is 7.11 Å². The number of nitrogens with one attached hydrogen (secondary N) is 1. The van der Waals surface area contributed by atoms with Crippen LogP contribution >= 0.6 is 0 Å². The van der Waals surface area contributed by atoms with Crippen LogP contribution in [0.5, 0.6) is 0 Å². The summed E-state index contributed by atoms with van der Waals surface area (Å²) in [4.78, 5) is 11.6. The quantitative estimate of drug-likeness (QED) is 0.758. The van der Waals surface area contributed by atoms with Gasteiger partial charge in [-0.05, 0) is 33.1 Å². The monoisotopic (exact) mass is 291 g/mol. The zero-order valence-corrected chi connectivity index (χ0v) is 13.0. The fraction of sp³-hybridized carbons (Fsp3) is 0.923. The number of methoxy groups -OCH3 is 1. The van der Waals surface area contributed by atoms with E-state index in [0.717, 1.165) is 19.3 Å². The summed E-state index contributed by atoms with van der Waals surface area (Å²) in [5.74, 6) is -0.943. The number of hydrogen-bond acceptors (Lipinski definition) is 4.